The number of aromatic nitrogens is 1. The zero-order chi connectivity index (χ0) is 18.8. The molecule has 0 N–H and O–H groups in total. The molecule has 2 nitrogen and oxygen atoms in total. The van der Waals surface area contributed by atoms with E-state index in [4.69, 9.17) is 0 Å². The van der Waals surface area contributed by atoms with E-state index in [0.717, 1.165) is 33.2 Å². The van der Waals surface area contributed by atoms with Crippen molar-refractivity contribution in [2.24, 2.45) is 0 Å². The van der Waals surface area contributed by atoms with Crippen LogP contribution < -0.4 is 0 Å². The van der Waals surface area contributed by atoms with Gasteiger partial charge in [-0.05, 0) is 41.0 Å². The Morgan fingerprint density at radius 2 is 1.67 bits per heavy atom. The second-order valence-electron chi connectivity index (χ2n) is 6.43. The molecule has 1 aromatic heterocycles. The average molecular weight is 355 g/mol. The molecule has 0 aliphatic carbocycles. The maximum absolute atomic E-state index is 13.7. The molecule has 0 radical (unpaired) electrons. The van der Waals surface area contributed by atoms with E-state index in [-0.39, 0.29) is 11.7 Å². The van der Waals surface area contributed by atoms with E-state index >= 15 is 0 Å². The van der Waals surface area contributed by atoms with Crippen LogP contribution >= 0.6 is 0 Å². The maximum atomic E-state index is 13.7. The van der Waals surface area contributed by atoms with Gasteiger partial charge in [0.15, 0.2) is 0 Å². The van der Waals surface area contributed by atoms with Crippen molar-refractivity contribution in [2.45, 2.75) is 6.92 Å². The summed E-state index contributed by atoms with van der Waals surface area (Å²) in [5, 5.41) is 0.985. The second kappa shape index (κ2) is 7.04. The largest absolute Gasteiger partial charge is 0.287 e. The SMILES string of the molecule is CC(=O)n1cc(/C(=C/c2cccc(F)c2)c2ccccc2)c2ccccc21. The number of carbonyl (C=O) groups excluding carboxylic acids is 1. The Morgan fingerprint density at radius 3 is 2.41 bits per heavy atom. The van der Waals surface area contributed by atoms with Crippen LogP contribution in [0.5, 0.6) is 0 Å². The van der Waals surface area contributed by atoms with E-state index in [1.54, 1.807) is 17.6 Å². The lowest BCUT2D eigenvalue weighted by molar-refractivity contribution is 0.0941. The number of benzene rings is 3. The van der Waals surface area contributed by atoms with Gasteiger partial charge in [0.05, 0.1) is 5.52 Å². The van der Waals surface area contributed by atoms with Crippen LogP contribution in [0.25, 0.3) is 22.6 Å². The van der Waals surface area contributed by atoms with E-state index in [1.807, 2.05) is 72.9 Å². The minimum absolute atomic E-state index is 0.0457. The minimum Gasteiger partial charge on any atom is -0.287 e. The number of rotatable bonds is 3. The van der Waals surface area contributed by atoms with Crippen LogP contribution in [-0.2, 0) is 0 Å². The van der Waals surface area contributed by atoms with Gasteiger partial charge in [0.25, 0.3) is 0 Å². The van der Waals surface area contributed by atoms with Crippen LogP contribution in [0.3, 0.4) is 0 Å². The predicted octanol–water partition coefficient (Wildman–Crippen LogP) is 6.03. The molecular formula is C24H18FNO. The van der Waals surface area contributed by atoms with Crippen LogP contribution in [-0.4, -0.2) is 10.5 Å². The number of nitrogens with zero attached hydrogens (tertiary/aromatic N) is 1. The number of halogens is 1. The van der Waals surface area contributed by atoms with Crippen molar-refractivity contribution in [3.8, 4) is 0 Å². The molecule has 0 saturated heterocycles. The highest BCUT2D eigenvalue weighted by molar-refractivity contribution is 6.05. The van der Waals surface area contributed by atoms with Crippen molar-refractivity contribution in [3.63, 3.8) is 0 Å². The van der Waals surface area contributed by atoms with Gasteiger partial charge in [-0.3, -0.25) is 9.36 Å². The van der Waals surface area contributed by atoms with Gasteiger partial charge >= 0.3 is 0 Å². The highest BCUT2D eigenvalue weighted by Crippen LogP contribution is 2.33. The van der Waals surface area contributed by atoms with Crippen molar-refractivity contribution < 1.29 is 9.18 Å². The molecule has 0 bridgehead atoms. The van der Waals surface area contributed by atoms with Crippen LogP contribution in [0.4, 0.5) is 4.39 Å². The first-order valence-electron chi connectivity index (χ1n) is 8.77. The van der Waals surface area contributed by atoms with Crippen molar-refractivity contribution in [1.29, 1.82) is 0 Å². The summed E-state index contributed by atoms with van der Waals surface area (Å²) in [5.74, 6) is -0.321. The first-order valence-corrected chi connectivity index (χ1v) is 8.77. The summed E-state index contributed by atoms with van der Waals surface area (Å²) in [4.78, 5) is 12.1. The number of fused-ring (bicyclic) bond motifs is 1. The first kappa shape index (κ1) is 17.0. The topological polar surface area (TPSA) is 22.0 Å². The van der Waals surface area contributed by atoms with Gasteiger partial charge in [-0.25, -0.2) is 4.39 Å². The molecule has 1 heterocycles. The monoisotopic (exact) mass is 355 g/mol. The third-order valence-corrected chi connectivity index (χ3v) is 4.59. The number of hydrogen-bond acceptors (Lipinski definition) is 1. The van der Waals surface area contributed by atoms with E-state index in [1.165, 1.54) is 12.1 Å². The minimum atomic E-state index is -0.276. The number of para-hydroxylation sites is 1. The van der Waals surface area contributed by atoms with Gasteiger partial charge in [-0.1, -0.05) is 60.7 Å². The molecule has 0 spiro atoms. The lowest BCUT2D eigenvalue weighted by Crippen LogP contribution is -2.02. The van der Waals surface area contributed by atoms with Gasteiger partial charge in [-0.2, -0.15) is 0 Å². The zero-order valence-corrected chi connectivity index (χ0v) is 14.9. The average Bonchev–Trinajstić information content (AvgIpc) is 3.07. The molecule has 3 aromatic carbocycles. The summed E-state index contributed by atoms with van der Waals surface area (Å²) < 4.78 is 15.4. The molecule has 0 aliphatic heterocycles. The van der Waals surface area contributed by atoms with Crippen molar-refractivity contribution >= 4 is 28.5 Å². The normalized spacial score (nSPS) is 11.7. The molecule has 3 heteroatoms. The van der Waals surface area contributed by atoms with Crippen molar-refractivity contribution in [2.75, 3.05) is 0 Å². The lowest BCUT2D eigenvalue weighted by Gasteiger charge is -2.08. The summed E-state index contributed by atoms with van der Waals surface area (Å²) in [5.41, 5.74) is 4.52. The quantitative estimate of drug-likeness (QED) is 0.411. The van der Waals surface area contributed by atoms with Crippen molar-refractivity contribution in [3.05, 3.63) is 108 Å². The van der Waals surface area contributed by atoms with Gasteiger partial charge < -0.3 is 0 Å². The molecule has 0 unspecified atom stereocenters. The van der Waals surface area contributed by atoms with Gasteiger partial charge in [0.2, 0.25) is 5.91 Å². The Hall–Kier alpha value is -3.46. The number of hydrogen-bond donors (Lipinski definition) is 0. The van der Waals surface area contributed by atoms with Crippen LogP contribution in [0.15, 0.2) is 85.1 Å². The fourth-order valence-corrected chi connectivity index (χ4v) is 3.35. The Kier molecular flexibility index (Phi) is 4.43. The fraction of sp³-hybridized carbons (Fsp3) is 0.0417. The Labute approximate surface area is 157 Å². The second-order valence-corrected chi connectivity index (χ2v) is 6.43. The van der Waals surface area contributed by atoms with Crippen LogP contribution in [0.1, 0.15) is 28.4 Å². The summed E-state index contributed by atoms with van der Waals surface area (Å²) in [7, 11) is 0. The molecule has 4 aromatic rings. The van der Waals surface area contributed by atoms with Gasteiger partial charge in [0.1, 0.15) is 5.82 Å². The molecule has 132 valence electrons. The molecular weight excluding hydrogens is 337 g/mol. The lowest BCUT2D eigenvalue weighted by atomic mass is 9.95. The highest BCUT2D eigenvalue weighted by atomic mass is 19.1. The van der Waals surface area contributed by atoms with E-state index in [0.29, 0.717) is 0 Å². The zero-order valence-electron chi connectivity index (χ0n) is 14.9. The van der Waals surface area contributed by atoms with E-state index < -0.39 is 0 Å². The molecule has 0 aliphatic rings. The first-order chi connectivity index (χ1) is 13.1. The number of carbonyl (C=O) groups is 1. The summed E-state index contributed by atoms with van der Waals surface area (Å²) in [6, 6.07) is 24.3. The van der Waals surface area contributed by atoms with Gasteiger partial charge in [0, 0.05) is 24.1 Å². The summed E-state index contributed by atoms with van der Waals surface area (Å²) in [6.45, 7) is 1.55. The van der Waals surface area contributed by atoms with Crippen molar-refractivity contribution in [1.82, 2.24) is 4.57 Å². The summed E-state index contributed by atoms with van der Waals surface area (Å²) in [6.07, 6.45) is 3.83. The van der Waals surface area contributed by atoms with Gasteiger partial charge in [-0.15, -0.1) is 0 Å². The molecule has 0 atom stereocenters. The molecule has 27 heavy (non-hydrogen) atoms. The Morgan fingerprint density at radius 1 is 0.926 bits per heavy atom. The van der Waals surface area contributed by atoms with Crippen LogP contribution in [0, 0.1) is 5.82 Å². The Bertz CT molecular complexity index is 1160. The fourth-order valence-electron chi connectivity index (χ4n) is 3.35. The van der Waals surface area contributed by atoms with E-state index in [9.17, 15) is 9.18 Å². The molecule has 0 amide bonds. The standard InChI is InChI=1S/C24H18FNO/c1-17(27)26-16-23(21-12-5-6-13-24(21)26)22(19-9-3-2-4-10-19)15-18-8-7-11-20(25)14-18/h2-16H,1H3/b22-15+. The third-order valence-electron chi connectivity index (χ3n) is 4.59. The highest BCUT2D eigenvalue weighted by Gasteiger charge is 2.15. The molecule has 4 rings (SSSR count). The van der Waals surface area contributed by atoms with E-state index in [2.05, 4.69) is 0 Å². The smallest absolute Gasteiger partial charge is 0.227 e. The molecule has 0 fully saturated rings. The predicted molar refractivity (Wildman–Crippen MR) is 108 cm³/mol. The van der Waals surface area contributed by atoms with Crippen LogP contribution in [0.2, 0.25) is 0 Å². The third kappa shape index (κ3) is 3.32. The molecule has 0 saturated carbocycles. The summed E-state index contributed by atoms with van der Waals surface area (Å²) >= 11 is 0. The maximum Gasteiger partial charge on any atom is 0.227 e. The Balaban J connectivity index is 2.01.